The third-order valence-corrected chi connectivity index (χ3v) is 7.13. The van der Waals surface area contributed by atoms with E-state index in [0.717, 1.165) is 29.1 Å². The summed E-state index contributed by atoms with van der Waals surface area (Å²) in [6.07, 6.45) is 1.33. The number of Topliss-reactive ketones (excluding diaryl/α,β-unsaturated/α-hetero) is 1. The molecule has 0 fully saturated rings. The maximum atomic E-state index is 12.8. The minimum Gasteiger partial charge on any atom is -0.326 e. The smallest absolute Gasteiger partial charge is 0.261 e. The van der Waals surface area contributed by atoms with Crippen LogP contribution in [0, 0.1) is 12.3 Å². The molecule has 4 rings (SSSR count). The molecule has 1 heterocycles. The van der Waals surface area contributed by atoms with E-state index in [9.17, 15) is 18.0 Å². The van der Waals surface area contributed by atoms with Crippen LogP contribution in [0.4, 0.5) is 11.4 Å². The van der Waals surface area contributed by atoms with Crippen LogP contribution in [0.5, 0.6) is 0 Å². The molecule has 1 aliphatic rings. The first-order valence-corrected chi connectivity index (χ1v) is 12.2. The molecule has 0 aliphatic heterocycles. The van der Waals surface area contributed by atoms with Crippen LogP contribution in [0.3, 0.4) is 0 Å². The number of anilines is 2. The number of rotatable bonds is 5. The van der Waals surface area contributed by atoms with Crippen LogP contribution in [0.1, 0.15) is 48.9 Å². The summed E-state index contributed by atoms with van der Waals surface area (Å²) < 4.78 is 30.2. The number of hydrogen-bond acceptors (Lipinski definition) is 4. The molecular formula is C25H27N3O4S. The highest BCUT2D eigenvalue weighted by molar-refractivity contribution is 7.92. The van der Waals surface area contributed by atoms with Gasteiger partial charge in [0.05, 0.1) is 4.90 Å². The Morgan fingerprint density at radius 3 is 2.18 bits per heavy atom. The van der Waals surface area contributed by atoms with Gasteiger partial charge in [-0.25, -0.2) is 8.42 Å². The maximum absolute atomic E-state index is 12.8. The number of carbonyl (C=O) groups excluding carboxylic acids is 2. The lowest BCUT2D eigenvalue weighted by Gasteiger charge is -2.30. The summed E-state index contributed by atoms with van der Waals surface area (Å²) in [6, 6.07) is 15.0. The normalized spacial score (nSPS) is 15.1. The minimum atomic E-state index is -3.78. The highest BCUT2D eigenvalue weighted by Gasteiger charge is 2.34. The molecule has 0 atom stereocenters. The molecule has 0 saturated carbocycles. The maximum Gasteiger partial charge on any atom is 0.261 e. The summed E-state index contributed by atoms with van der Waals surface area (Å²) in [7, 11) is -3.78. The second kappa shape index (κ2) is 8.19. The van der Waals surface area contributed by atoms with Crippen LogP contribution in [0.25, 0.3) is 5.69 Å². The molecule has 0 unspecified atom stereocenters. The molecule has 2 aromatic carbocycles. The van der Waals surface area contributed by atoms with Crippen LogP contribution < -0.4 is 10.0 Å². The molecule has 0 bridgehead atoms. The third-order valence-electron chi connectivity index (χ3n) is 5.73. The molecule has 2 N–H and O–H groups in total. The summed E-state index contributed by atoms with van der Waals surface area (Å²) in [6.45, 7) is 7.56. The van der Waals surface area contributed by atoms with E-state index >= 15 is 0 Å². The molecule has 1 aliphatic carbocycles. The second-order valence-electron chi connectivity index (χ2n) is 9.28. The van der Waals surface area contributed by atoms with Crippen LogP contribution in [0.15, 0.2) is 59.5 Å². The van der Waals surface area contributed by atoms with Gasteiger partial charge >= 0.3 is 0 Å². The van der Waals surface area contributed by atoms with Gasteiger partial charge in [0.2, 0.25) is 5.91 Å². The zero-order valence-corrected chi connectivity index (χ0v) is 19.9. The van der Waals surface area contributed by atoms with E-state index in [4.69, 9.17) is 0 Å². The van der Waals surface area contributed by atoms with E-state index < -0.39 is 10.0 Å². The van der Waals surface area contributed by atoms with Gasteiger partial charge in [0.15, 0.2) is 5.78 Å². The first-order valence-electron chi connectivity index (χ1n) is 10.7. The lowest BCUT2D eigenvalue weighted by Crippen LogP contribution is -2.27. The van der Waals surface area contributed by atoms with Crippen molar-refractivity contribution in [1.29, 1.82) is 0 Å². The van der Waals surface area contributed by atoms with Gasteiger partial charge in [-0.2, -0.15) is 0 Å². The summed E-state index contributed by atoms with van der Waals surface area (Å²) in [5, 5.41) is 2.61. The van der Waals surface area contributed by atoms with Crippen molar-refractivity contribution in [1.82, 2.24) is 4.57 Å². The molecule has 3 aromatic rings. The van der Waals surface area contributed by atoms with Gasteiger partial charge in [-0.15, -0.1) is 0 Å². The number of nitrogens with zero attached hydrogens (tertiary/aromatic N) is 1. The monoisotopic (exact) mass is 465 g/mol. The van der Waals surface area contributed by atoms with Crippen molar-refractivity contribution >= 4 is 33.1 Å². The number of fused-ring (bicyclic) bond motifs is 1. The van der Waals surface area contributed by atoms with Gasteiger partial charge in [-0.3, -0.25) is 14.3 Å². The Hall–Kier alpha value is -3.39. The van der Waals surface area contributed by atoms with Crippen LogP contribution >= 0.6 is 0 Å². The van der Waals surface area contributed by atoms with E-state index in [0.29, 0.717) is 17.8 Å². The molecule has 0 saturated heterocycles. The summed E-state index contributed by atoms with van der Waals surface area (Å²) in [5.74, 6) is -0.0621. The van der Waals surface area contributed by atoms with Crippen molar-refractivity contribution in [3.63, 3.8) is 0 Å². The summed E-state index contributed by atoms with van der Waals surface area (Å²) >= 11 is 0. The minimum absolute atomic E-state index is 0.0942. The van der Waals surface area contributed by atoms with Crippen LogP contribution in [-0.4, -0.2) is 24.7 Å². The predicted octanol–water partition coefficient (Wildman–Crippen LogP) is 4.70. The van der Waals surface area contributed by atoms with Crippen molar-refractivity contribution in [2.24, 2.45) is 5.41 Å². The molecule has 8 heteroatoms. The fourth-order valence-corrected chi connectivity index (χ4v) is 5.38. The van der Waals surface area contributed by atoms with Crippen molar-refractivity contribution in [3.05, 3.63) is 71.5 Å². The number of sulfonamides is 1. The van der Waals surface area contributed by atoms with E-state index in [2.05, 4.69) is 28.5 Å². The number of aromatic nitrogens is 1. The lowest BCUT2D eigenvalue weighted by atomic mass is 9.76. The molecule has 1 amide bonds. The number of benzene rings is 2. The average Bonchev–Trinajstić information content (AvgIpc) is 3.03. The van der Waals surface area contributed by atoms with Gasteiger partial charge in [0.25, 0.3) is 10.0 Å². The van der Waals surface area contributed by atoms with Gasteiger partial charge in [-0.1, -0.05) is 13.8 Å². The van der Waals surface area contributed by atoms with Gasteiger partial charge in [0, 0.05) is 47.4 Å². The predicted molar refractivity (Wildman–Crippen MR) is 128 cm³/mol. The van der Waals surface area contributed by atoms with Crippen LogP contribution in [-0.2, 0) is 21.2 Å². The van der Waals surface area contributed by atoms with Gasteiger partial charge < -0.3 is 9.88 Å². The highest BCUT2D eigenvalue weighted by atomic mass is 32.2. The third kappa shape index (κ3) is 4.71. The number of aryl methyl sites for hydroxylation is 1. The first kappa shape index (κ1) is 22.8. The number of carbonyl (C=O) groups is 2. The number of ketones is 1. The fourth-order valence-electron chi connectivity index (χ4n) is 4.32. The Kier molecular flexibility index (Phi) is 5.66. The summed E-state index contributed by atoms with van der Waals surface area (Å²) in [4.78, 5) is 23.8. The van der Waals surface area contributed by atoms with E-state index in [1.54, 1.807) is 24.3 Å². The molecule has 0 radical (unpaired) electrons. The first-order chi connectivity index (χ1) is 15.4. The zero-order chi connectivity index (χ0) is 24.0. The van der Waals surface area contributed by atoms with Crippen molar-refractivity contribution in [2.45, 2.75) is 45.4 Å². The zero-order valence-electron chi connectivity index (χ0n) is 19.1. The molecule has 33 heavy (non-hydrogen) atoms. The van der Waals surface area contributed by atoms with E-state index in [-0.39, 0.29) is 22.0 Å². The Morgan fingerprint density at radius 2 is 1.58 bits per heavy atom. The number of amides is 1. The molecule has 0 spiro atoms. The fraction of sp³-hybridized carbons (Fsp3) is 0.280. The van der Waals surface area contributed by atoms with E-state index in [1.807, 2.05) is 25.1 Å². The quantitative estimate of drug-likeness (QED) is 0.571. The van der Waals surface area contributed by atoms with Gasteiger partial charge in [0.1, 0.15) is 0 Å². The number of hydrogen-bond donors (Lipinski definition) is 2. The summed E-state index contributed by atoms with van der Waals surface area (Å²) in [5.41, 5.74) is 4.48. The van der Waals surface area contributed by atoms with Crippen molar-refractivity contribution in [2.75, 3.05) is 10.0 Å². The largest absolute Gasteiger partial charge is 0.326 e. The molecule has 172 valence electrons. The van der Waals surface area contributed by atoms with Gasteiger partial charge in [-0.05, 0) is 73.4 Å². The second-order valence-corrected chi connectivity index (χ2v) is 11.0. The van der Waals surface area contributed by atoms with Crippen LogP contribution in [0.2, 0.25) is 0 Å². The standard InChI is InChI=1S/C25H27N3O4S/c1-16-13-22-23(14-25(3,4)15-24(22)30)28(16)20-9-5-19(6-10-20)27-33(31,32)21-11-7-18(8-12-21)26-17(2)29/h5-13,27H,14-15H2,1-4H3,(H,26,29). The Labute approximate surface area is 193 Å². The van der Waals surface area contributed by atoms with E-state index in [1.165, 1.54) is 19.1 Å². The highest BCUT2D eigenvalue weighted by Crippen LogP contribution is 2.37. The topological polar surface area (TPSA) is 97.3 Å². The molecule has 1 aromatic heterocycles. The number of nitrogens with one attached hydrogen (secondary N) is 2. The Balaban J connectivity index is 1.58. The molecule has 7 nitrogen and oxygen atoms in total. The SMILES string of the molecule is CC(=O)Nc1ccc(S(=O)(=O)Nc2ccc(-n3c(C)cc4c3CC(C)(C)CC4=O)cc2)cc1. The van der Waals surface area contributed by atoms with Crippen molar-refractivity contribution < 1.29 is 18.0 Å². The molecular weight excluding hydrogens is 438 g/mol. The Morgan fingerprint density at radius 1 is 0.970 bits per heavy atom. The average molecular weight is 466 g/mol. The van der Waals surface area contributed by atoms with Crippen molar-refractivity contribution in [3.8, 4) is 5.69 Å². The Bertz CT molecular complexity index is 1340. The lowest BCUT2D eigenvalue weighted by molar-refractivity contribution is -0.114.